The largest absolute Gasteiger partial charge is 0.372 e. The Morgan fingerprint density at radius 1 is 0.920 bits per heavy atom. The Balaban J connectivity index is 2.00. The van der Waals surface area contributed by atoms with E-state index in [0.29, 0.717) is 0 Å². The van der Waals surface area contributed by atoms with Gasteiger partial charge in [0, 0.05) is 30.9 Å². The van der Waals surface area contributed by atoms with E-state index in [9.17, 15) is 10.1 Å². The number of rotatable bonds is 9. The van der Waals surface area contributed by atoms with Crippen LogP contribution in [-0.2, 0) is 0 Å². The van der Waals surface area contributed by atoms with Gasteiger partial charge in [-0.25, -0.2) is 0 Å². The summed E-state index contributed by atoms with van der Waals surface area (Å²) >= 11 is 0. The fraction of sp³-hybridized carbons (Fsp3) is 0.333. The zero-order valence-electron chi connectivity index (χ0n) is 15.0. The molecule has 2 aromatic rings. The van der Waals surface area contributed by atoms with Crippen molar-refractivity contribution in [2.45, 2.75) is 33.1 Å². The van der Waals surface area contributed by atoms with E-state index in [1.165, 1.54) is 37.1 Å². The molecule has 0 aliphatic carbocycles. The Labute approximate surface area is 149 Å². The summed E-state index contributed by atoms with van der Waals surface area (Å²) in [6, 6.07) is 15.1. The Morgan fingerprint density at radius 2 is 1.48 bits per heavy atom. The van der Waals surface area contributed by atoms with Gasteiger partial charge in [0.25, 0.3) is 5.69 Å². The minimum absolute atomic E-state index is 0.115. The maximum Gasteiger partial charge on any atom is 0.269 e. The minimum atomic E-state index is -0.383. The highest BCUT2D eigenvalue weighted by atomic mass is 16.6. The predicted octanol–water partition coefficient (Wildman–Crippen LogP) is 5.78. The second kappa shape index (κ2) is 9.62. The molecule has 0 N–H and O–H groups in total. The summed E-state index contributed by atoms with van der Waals surface area (Å²) in [5, 5.41) is 10.7. The van der Waals surface area contributed by atoms with Crippen LogP contribution in [-0.4, -0.2) is 18.0 Å². The first-order valence-corrected chi connectivity index (χ1v) is 8.91. The quantitative estimate of drug-likeness (QED) is 0.252. The molecule has 0 atom stereocenters. The number of nitro groups is 1. The van der Waals surface area contributed by atoms with E-state index >= 15 is 0 Å². The molecule has 4 nitrogen and oxygen atoms in total. The van der Waals surface area contributed by atoms with Crippen molar-refractivity contribution in [1.29, 1.82) is 0 Å². The van der Waals surface area contributed by atoms with Crippen LogP contribution in [0.3, 0.4) is 0 Å². The van der Waals surface area contributed by atoms with Crippen LogP contribution in [0.1, 0.15) is 44.2 Å². The molecule has 4 heteroatoms. The topological polar surface area (TPSA) is 46.4 Å². The fourth-order valence-corrected chi connectivity index (χ4v) is 2.72. The molecule has 0 heterocycles. The molecule has 0 amide bonds. The number of hydrogen-bond acceptors (Lipinski definition) is 3. The van der Waals surface area contributed by atoms with E-state index in [-0.39, 0.29) is 10.6 Å². The number of nitro benzene ring substituents is 1. The first-order valence-electron chi connectivity index (χ1n) is 8.91. The number of hydrogen-bond donors (Lipinski definition) is 0. The van der Waals surface area contributed by atoms with Gasteiger partial charge >= 0.3 is 0 Å². The second-order valence-corrected chi connectivity index (χ2v) is 6.06. The van der Waals surface area contributed by atoms with Gasteiger partial charge in [-0.2, -0.15) is 0 Å². The summed E-state index contributed by atoms with van der Waals surface area (Å²) in [5.41, 5.74) is 3.44. The van der Waals surface area contributed by atoms with Crippen LogP contribution >= 0.6 is 0 Å². The number of unbranched alkanes of at least 4 members (excludes halogenated alkanes) is 2. The maximum absolute atomic E-state index is 10.7. The molecule has 0 aromatic heterocycles. The van der Waals surface area contributed by atoms with Crippen molar-refractivity contribution in [1.82, 2.24) is 0 Å². The van der Waals surface area contributed by atoms with Gasteiger partial charge < -0.3 is 4.90 Å². The van der Waals surface area contributed by atoms with Crippen molar-refractivity contribution >= 4 is 23.5 Å². The van der Waals surface area contributed by atoms with Crippen molar-refractivity contribution in [3.63, 3.8) is 0 Å². The van der Waals surface area contributed by atoms with Crippen LogP contribution < -0.4 is 4.90 Å². The number of benzene rings is 2. The van der Waals surface area contributed by atoms with E-state index in [0.717, 1.165) is 24.2 Å². The first-order chi connectivity index (χ1) is 12.1. The molecule has 0 saturated heterocycles. The van der Waals surface area contributed by atoms with Gasteiger partial charge in [0.05, 0.1) is 4.92 Å². The minimum Gasteiger partial charge on any atom is -0.372 e. The molecule has 2 aromatic carbocycles. The smallest absolute Gasteiger partial charge is 0.269 e. The highest BCUT2D eigenvalue weighted by Gasteiger charge is 2.04. The summed E-state index contributed by atoms with van der Waals surface area (Å²) in [7, 11) is 0. The lowest BCUT2D eigenvalue weighted by molar-refractivity contribution is -0.384. The molecule has 25 heavy (non-hydrogen) atoms. The van der Waals surface area contributed by atoms with Crippen molar-refractivity contribution < 1.29 is 4.92 Å². The average Bonchev–Trinajstić information content (AvgIpc) is 2.64. The van der Waals surface area contributed by atoms with Gasteiger partial charge in [-0.3, -0.25) is 10.1 Å². The first kappa shape index (κ1) is 18.7. The van der Waals surface area contributed by atoms with Crippen LogP contribution in [0.2, 0.25) is 0 Å². The van der Waals surface area contributed by atoms with Crippen molar-refractivity contribution in [3.05, 3.63) is 69.8 Å². The van der Waals surface area contributed by atoms with Gasteiger partial charge in [-0.05, 0) is 48.7 Å². The third kappa shape index (κ3) is 5.75. The van der Waals surface area contributed by atoms with Crippen molar-refractivity contribution in [3.8, 4) is 0 Å². The molecule has 0 spiro atoms. The zero-order chi connectivity index (χ0) is 18.1. The standard InChI is InChI=1S/C21H26N2O2/c1-3-5-6-17-22(4-2)20-13-9-18(10-14-20)7-8-19-11-15-21(16-12-19)23(24)25/h7-16H,3-6,17H2,1-2H3. The molecule has 0 aliphatic rings. The maximum atomic E-state index is 10.7. The summed E-state index contributed by atoms with van der Waals surface area (Å²) in [6.07, 6.45) is 7.73. The molecule has 0 unspecified atom stereocenters. The normalized spacial score (nSPS) is 11.0. The Kier molecular flexibility index (Phi) is 7.20. The van der Waals surface area contributed by atoms with Crippen molar-refractivity contribution in [2.75, 3.05) is 18.0 Å². The molecule has 0 fully saturated rings. The van der Waals surface area contributed by atoms with Gasteiger partial charge in [-0.1, -0.05) is 44.1 Å². The predicted molar refractivity (Wildman–Crippen MR) is 106 cm³/mol. The van der Waals surface area contributed by atoms with E-state index in [4.69, 9.17) is 0 Å². The Morgan fingerprint density at radius 3 is 1.96 bits per heavy atom. The highest BCUT2D eigenvalue weighted by Crippen LogP contribution is 2.18. The zero-order valence-corrected chi connectivity index (χ0v) is 15.0. The van der Waals surface area contributed by atoms with Crippen molar-refractivity contribution in [2.24, 2.45) is 0 Å². The third-order valence-corrected chi connectivity index (χ3v) is 4.24. The van der Waals surface area contributed by atoms with E-state index < -0.39 is 0 Å². The van der Waals surface area contributed by atoms with Gasteiger partial charge in [0.15, 0.2) is 0 Å². The van der Waals surface area contributed by atoms with Crippen LogP contribution in [0.4, 0.5) is 11.4 Å². The van der Waals surface area contributed by atoms with Gasteiger partial charge in [0.1, 0.15) is 0 Å². The molecular formula is C21H26N2O2. The lowest BCUT2D eigenvalue weighted by Crippen LogP contribution is -2.23. The number of nitrogens with zero attached hydrogens (tertiary/aromatic N) is 2. The molecule has 0 aliphatic heterocycles. The highest BCUT2D eigenvalue weighted by molar-refractivity contribution is 5.71. The van der Waals surface area contributed by atoms with E-state index in [1.807, 2.05) is 12.2 Å². The summed E-state index contributed by atoms with van der Waals surface area (Å²) in [5.74, 6) is 0. The lowest BCUT2D eigenvalue weighted by atomic mass is 10.1. The Bertz CT molecular complexity index is 691. The van der Waals surface area contributed by atoms with Crippen LogP contribution in [0.5, 0.6) is 0 Å². The molecule has 0 saturated carbocycles. The fourth-order valence-electron chi connectivity index (χ4n) is 2.72. The molecule has 0 bridgehead atoms. The number of non-ortho nitro benzene ring substituents is 1. The second-order valence-electron chi connectivity index (χ2n) is 6.06. The van der Waals surface area contributed by atoms with Crippen LogP contribution in [0, 0.1) is 10.1 Å². The van der Waals surface area contributed by atoms with Crippen LogP contribution in [0.25, 0.3) is 12.2 Å². The molecule has 2 rings (SSSR count). The summed E-state index contributed by atoms with van der Waals surface area (Å²) < 4.78 is 0. The molecule has 132 valence electrons. The third-order valence-electron chi connectivity index (χ3n) is 4.24. The monoisotopic (exact) mass is 338 g/mol. The molecular weight excluding hydrogens is 312 g/mol. The van der Waals surface area contributed by atoms with Gasteiger partial charge in [-0.15, -0.1) is 0 Å². The summed E-state index contributed by atoms with van der Waals surface area (Å²) in [6.45, 7) is 6.53. The van der Waals surface area contributed by atoms with E-state index in [2.05, 4.69) is 43.0 Å². The average molecular weight is 338 g/mol. The SMILES string of the molecule is CCCCCN(CC)c1ccc(C=Cc2ccc([N+](=O)[O-])cc2)cc1. The Hall–Kier alpha value is -2.62. The molecule has 0 radical (unpaired) electrons. The lowest BCUT2D eigenvalue weighted by Gasteiger charge is -2.23. The number of anilines is 1. The van der Waals surface area contributed by atoms with Gasteiger partial charge in [0.2, 0.25) is 0 Å². The van der Waals surface area contributed by atoms with E-state index in [1.54, 1.807) is 12.1 Å². The summed E-state index contributed by atoms with van der Waals surface area (Å²) in [4.78, 5) is 12.7. The van der Waals surface area contributed by atoms with Crippen LogP contribution in [0.15, 0.2) is 48.5 Å².